The van der Waals surface area contributed by atoms with Gasteiger partial charge in [-0.1, -0.05) is 56.8 Å². The van der Waals surface area contributed by atoms with E-state index >= 15 is 0 Å². The van der Waals surface area contributed by atoms with Crippen molar-refractivity contribution in [3.05, 3.63) is 123 Å². The van der Waals surface area contributed by atoms with Crippen molar-refractivity contribution in [3.63, 3.8) is 0 Å². The smallest absolute Gasteiger partial charge is 0.328 e. The van der Waals surface area contributed by atoms with Crippen LogP contribution in [0.25, 0.3) is 61.6 Å². The molecule has 8 rings (SSSR count). The summed E-state index contributed by atoms with van der Waals surface area (Å²) in [5, 5.41) is 2.75. The molecule has 0 aliphatic carbocycles. The third-order valence-electron chi connectivity index (χ3n) is 14.6. The number of H-pyrrole nitrogens is 2. The number of carbonyl (C=O) groups excluding carboxylic acids is 6. The monoisotopic (exact) mass is 1060 g/mol. The summed E-state index contributed by atoms with van der Waals surface area (Å²) in [6, 6.07) is 13.6. The van der Waals surface area contributed by atoms with E-state index in [0.29, 0.717) is 37.0 Å². The van der Waals surface area contributed by atoms with Crippen LogP contribution in [-0.2, 0) is 65.2 Å². The fourth-order valence-electron chi connectivity index (χ4n) is 10.6. The SMILES string of the molecule is C=C1NC(=O)N([C@@H]2O[C@H](COC(C)=O)[C@@H](OC(C)=O)[C@H]2OC(C)=O)C=C1/C=C/c1ccc(-c2c3nc(cc4[nH]c(cc5[nH]c(cc6nc2C(C)=C6CC)c(C)c5CCC(=O)OC)c(CCC(=O)OC)c4C)C(CC)=C3C)cc1. The zero-order valence-corrected chi connectivity index (χ0v) is 46.0. The third kappa shape index (κ3) is 11.5. The number of aryl methyl sites for hydroxylation is 4. The number of urea groups is 1. The number of ether oxygens (including phenoxy) is 6. The topological polar surface area (TPSA) is 230 Å². The van der Waals surface area contributed by atoms with Crippen LogP contribution >= 0.6 is 0 Å². The summed E-state index contributed by atoms with van der Waals surface area (Å²) in [4.78, 5) is 94.5. The number of nitrogens with one attached hydrogen (secondary N) is 3. The standard InChI is InChI=1S/C60H66N6O12/c1-13-41-32(5)55-54(39-18-15-38(16-19-39)17-20-40-28-66(60(72)61-34(40)7)59-58(77-37(10)69)57(76-36(9)68)51(78-59)29-75-35(8)67)56-33(6)42(14-2)48(65-56)26-46-31(4)44(22-24-53(71)74-12)50(63-46)27-49-43(21-23-52(70)73-11)30(3)45(62-49)25-47(41)64-55/h15-20,25-28,51,57-59,62-63H,7,13-14,21-24,29H2,1-6,8-12H3,(H,61,72)/b20-17+,45-25?,46-26?,47-25?,48-26?,49-27?,50-27?,55-54?,56-54?/t51-,57-,58-,59-/m1/s1. The molecule has 3 aromatic heterocycles. The average molecular weight is 1060 g/mol. The predicted molar refractivity (Wildman–Crippen MR) is 295 cm³/mol. The molecule has 1 fully saturated rings. The van der Waals surface area contributed by atoms with Gasteiger partial charge in [0, 0.05) is 78.7 Å². The minimum absolute atomic E-state index is 0.184. The summed E-state index contributed by atoms with van der Waals surface area (Å²) >= 11 is 0. The zero-order valence-electron chi connectivity index (χ0n) is 46.0. The molecule has 7 heterocycles. The highest BCUT2D eigenvalue weighted by Gasteiger charge is 2.53. The molecule has 408 valence electrons. The number of hydrogen-bond donors (Lipinski definition) is 3. The molecule has 4 aliphatic rings. The first-order valence-electron chi connectivity index (χ1n) is 26.0. The van der Waals surface area contributed by atoms with Gasteiger partial charge < -0.3 is 43.7 Å². The Kier molecular flexibility index (Phi) is 16.8. The maximum atomic E-state index is 13.6. The largest absolute Gasteiger partial charge is 0.469 e. The van der Waals surface area contributed by atoms with E-state index in [1.807, 2.05) is 44.2 Å². The van der Waals surface area contributed by atoms with Gasteiger partial charge in [0.15, 0.2) is 18.4 Å². The molecule has 0 unspecified atom stereocenters. The number of aromatic nitrogens is 4. The van der Waals surface area contributed by atoms with Gasteiger partial charge in [-0.25, -0.2) is 14.8 Å². The quantitative estimate of drug-likeness (QED) is 0.0700. The number of aromatic amines is 2. The van der Waals surface area contributed by atoms with E-state index in [1.54, 1.807) is 6.08 Å². The van der Waals surface area contributed by atoms with Crippen LogP contribution in [0.1, 0.15) is 125 Å². The molecule has 4 aliphatic heterocycles. The Morgan fingerprint density at radius 3 is 1.69 bits per heavy atom. The van der Waals surface area contributed by atoms with E-state index in [9.17, 15) is 28.8 Å². The Labute approximate surface area is 452 Å². The van der Waals surface area contributed by atoms with E-state index in [1.165, 1.54) is 46.1 Å². The lowest BCUT2D eigenvalue weighted by atomic mass is 9.93. The molecule has 0 saturated carbocycles. The summed E-state index contributed by atoms with van der Waals surface area (Å²) in [5.74, 6) is -2.64. The van der Waals surface area contributed by atoms with Crippen molar-refractivity contribution in [1.29, 1.82) is 0 Å². The van der Waals surface area contributed by atoms with Crippen molar-refractivity contribution in [2.75, 3.05) is 20.8 Å². The lowest BCUT2D eigenvalue weighted by Crippen LogP contribution is -2.52. The molecular weight excluding hydrogens is 997 g/mol. The van der Waals surface area contributed by atoms with Crippen LogP contribution in [-0.4, -0.2) is 106 Å². The second-order valence-corrected chi connectivity index (χ2v) is 19.5. The van der Waals surface area contributed by atoms with Crippen molar-refractivity contribution in [3.8, 4) is 11.1 Å². The van der Waals surface area contributed by atoms with Crippen LogP contribution in [0.3, 0.4) is 0 Å². The fourth-order valence-corrected chi connectivity index (χ4v) is 10.6. The van der Waals surface area contributed by atoms with Gasteiger partial charge in [0.1, 0.15) is 12.7 Å². The Hall–Kier alpha value is -8.38. The molecule has 8 bridgehead atoms. The highest BCUT2D eigenvalue weighted by molar-refractivity contribution is 6.02. The van der Waals surface area contributed by atoms with Gasteiger partial charge in [0.25, 0.3) is 0 Å². The van der Waals surface area contributed by atoms with Crippen molar-refractivity contribution in [2.24, 2.45) is 0 Å². The van der Waals surface area contributed by atoms with Crippen LogP contribution in [0.2, 0.25) is 0 Å². The molecule has 0 spiro atoms. The number of nitrogens with zero attached hydrogens (tertiary/aromatic N) is 3. The first-order chi connectivity index (χ1) is 37.2. The van der Waals surface area contributed by atoms with Crippen molar-refractivity contribution >= 4 is 86.3 Å². The van der Waals surface area contributed by atoms with Gasteiger partial charge in [-0.3, -0.25) is 28.9 Å². The summed E-state index contributed by atoms with van der Waals surface area (Å²) in [6.07, 6.45) is 2.96. The number of hydrogen-bond acceptors (Lipinski definition) is 14. The molecule has 3 N–H and O–H groups in total. The van der Waals surface area contributed by atoms with Crippen molar-refractivity contribution in [2.45, 2.75) is 125 Å². The van der Waals surface area contributed by atoms with Gasteiger partial charge in [0.05, 0.1) is 37.0 Å². The first kappa shape index (κ1) is 55.8. The lowest BCUT2D eigenvalue weighted by molar-refractivity contribution is -0.166. The minimum atomic E-state index is -1.28. The average Bonchev–Trinajstić information content (AvgIpc) is 4.33. The highest BCUT2D eigenvalue weighted by Crippen LogP contribution is 2.44. The Balaban J connectivity index is 1.27. The van der Waals surface area contributed by atoms with Crippen LogP contribution in [0, 0.1) is 13.8 Å². The molecule has 18 nitrogen and oxygen atoms in total. The number of rotatable bonds is 16. The van der Waals surface area contributed by atoms with Crippen LogP contribution in [0.15, 0.2) is 72.6 Å². The molecule has 18 heteroatoms. The molecule has 1 aromatic carbocycles. The number of esters is 5. The molecule has 4 aromatic rings. The second kappa shape index (κ2) is 23.5. The maximum absolute atomic E-state index is 13.6. The van der Waals surface area contributed by atoms with Crippen molar-refractivity contribution < 1.29 is 57.2 Å². The Morgan fingerprint density at radius 1 is 0.705 bits per heavy atom. The predicted octanol–water partition coefficient (Wildman–Crippen LogP) is 10.1. The van der Waals surface area contributed by atoms with E-state index in [4.69, 9.17) is 38.4 Å². The summed E-state index contributed by atoms with van der Waals surface area (Å²) < 4.78 is 32.6. The van der Waals surface area contributed by atoms with E-state index in [0.717, 1.165) is 106 Å². The number of fused-ring (bicyclic) bond motifs is 8. The van der Waals surface area contributed by atoms with Crippen LogP contribution in [0.5, 0.6) is 0 Å². The van der Waals surface area contributed by atoms with Gasteiger partial charge in [-0.15, -0.1) is 0 Å². The lowest BCUT2D eigenvalue weighted by Gasteiger charge is -2.33. The fraction of sp³-hybridized carbons (Fsp3) is 0.367. The Morgan fingerprint density at radius 2 is 1.22 bits per heavy atom. The van der Waals surface area contributed by atoms with Crippen molar-refractivity contribution in [1.82, 2.24) is 30.2 Å². The molecule has 1 saturated heterocycles. The van der Waals surface area contributed by atoms with Gasteiger partial charge >= 0.3 is 35.9 Å². The number of methoxy groups -OCH3 is 2. The normalized spacial score (nSPS) is 18.3. The molecule has 4 atom stereocenters. The first-order valence-corrected chi connectivity index (χ1v) is 26.0. The molecule has 0 radical (unpaired) electrons. The van der Waals surface area contributed by atoms with Crippen LogP contribution < -0.4 is 5.32 Å². The summed E-state index contributed by atoms with van der Waals surface area (Å²) in [6.45, 7) is 19.9. The third-order valence-corrected chi connectivity index (χ3v) is 14.6. The molecule has 78 heavy (non-hydrogen) atoms. The van der Waals surface area contributed by atoms with E-state index in [-0.39, 0.29) is 31.4 Å². The van der Waals surface area contributed by atoms with E-state index in [2.05, 4.69) is 67.8 Å². The summed E-state index contributed by atoms with van der Waals surface area (Å²) in [7, 11) is 2.78. The van der Waals surface area contributed by atoms with Gasteiger partial charge in [-0.05, 0) is 127 Å². The minimum Gasteiger partial charge on any atom is -0.469 e. The van der Waals surface area contributed by atoms with E-state index < -0.39 is 48.5 Å². The number of benzene rings is 1. The number of allylic oxidation sites excluding steroid dienone is 5. The number of carbonyl (C=O) groups is 6. The zero-order chi connectivity index (χ0) is 56.3. The van der Waals surface area contributed by atoms with Crippen LogP contribution in [0.4, 0.5) is 4.79 Å². The Bertz CT molecular complexity index is 3310. The molecule has 2 amide bonds. The van der Waals surface area contributed by atoms with Gasteiger partial charge in [-0.2, -0.15) is 0 Å². The summed E-state index contributed by atoms with van der Waals surface area (Å²) in [5.41, 5.74) is 17.9. The molecular formula is C60H66N6O12. The second-order valence-electron chi connectivity index (χ2n) is 19.5. The maximum Gasteiger partial charge on any atom is 0.328 e. The highest BCUT2D eigenvalue weighted by atomic mass is 16.7. The number of amides is 2. The van der Waals surface area contributed by atoms with Gasteiger partial charge in [0.2, 0.25) is 0 Å².